The van der Waals surface area contributed by atoms with Gasteiger partial charge in [-0.1, -0.05) is 25.1 Å². The molecule has 0 fully saturated rings. The number of nitrogens with one attached hydrogen (secondary N) is 1. The topological polar surface area (TPSA) is 32.3 Å². The molecule has 1 heterocycles. The molecule has 0 aliphatic carbocycles. The number of thioether (sulfide) groups is 1. The molecule has 0 bridgehead atoms. The molecule has 2 nitrogen and oxygen atoms in total. The van der Waals surface area contributed by atoms with E-state index in [1.165, 1.54) is 16.9 Å². The van der Waals surface area contributed by atoms with Crippen LogP contribution in [0, 0.1) is 0 Å². The fraction of sp³-hybridized carbons (Fsp3) is 0.571. The average Bonchev–Trinajstić information content (AvgIpc) is 2.76. The largest absolute Gasteiger partial charge is 0.393 e. The number of rotatable bonds is 6. The Morgan fingerprint density at radius 3 is 3.06 bits per heavy atom. The summed E-state index contributed by atoms with van der Waals surface area (Å²) in [6, 6.07) is 8.66. The van der Waals surface area contributed by atoms with Crippen LogP contribution in [0.2, 0.25) is 0 Å². The van der Waals surface area contributed by atoms with Gasteiger partial charge in [0.15, 0.2) is 0 Å². The molecule has 2 unspecified atom stereocenters. The average molecular weight is 251 g/mol. The van der Waals surface area contributed by atoms with Crippen molar-refractivity contribution in [1.29, 1.82) is 0 Å². The highest BCUT2D eigenvalue weighted by Crippen LogP contribution is 2.36. The molecule has 2 atom stereocenters. The van der Waals surface area contributed by atoms with Gasteiger partial charge in [0, 0.05) is 16.7 Å². The monoisotopic (exact) mass is 251 g/mol. The lowest BCUT2D eigenvalue weighted by Crippen LogP contribution is -2.27. The zero-order valence-corrected chi connectivity index (χ0v) is 11.2. The van der Waals surface area contributed by atoms with Gasteiger partial charge in [0.2, 0.25) is 0 Å². The van der Waals surface area contributed by atoms with Crippen LogP contribution in [0.5, 0.6) is 0 Å². The third-order valence-corrected chi connectivity index (χ3v) is 4.53. The predicted molar refractivity (Wildman–Crippen MR) is 73.6 cm³/mol. The van der Waals surface area contributed by atoms with Gasteiger partial charge in [0.05, 0.1) is 6.10 Å². The Morgan fingerprint density at radius 2 is 2.29 bits per heavy atom. The van der Waals surface area contributed by atoms with Crippen LogP contribution in [0.15, 0.2) is 29.2 Å². The summed E-state index contributed by atoms with van der Waals surface area (Å²) in [5.74, 6) is 0. The summed E-state index contributed by atoms with van der Waals surface area (Å²) in [6.45, 7) is 3.98. The van der Waals surface area contributed by atoms with Gasteiger partial charge in [-0.3, -0.25) is 0 Å². The number of fused-ring (bicyclic) bond motifs is 1. The highest BCUT2D eigenvalue weighted by atomic mass is 32.2. The minimum absolute atomic E-state index is 0.143. The van der Waals surface area contributed by atoms with Crippen molar-refractivity contribution in [1.82, 2.24) is 5.32 Å². The van der Waals surface area contributed by atoms with Gasteiger partial charge >= 0.3 is 0 Å². The fourth-order valence-corrected chi connectivity index (χ4v) is 3.39. The van der Waals surface area contributed by atoms with Crippen LogP contribution < -0.4 is 5.32 Å². The molecule has 1 aromatic rings. The van der Waals surface area contributed by atoms with E-state index in [1.54, 1.807) is 0 Å². The molecule has 0 saturated heterocycles. The van der Waals surface area contributed by atoms with Crippen LogP contribution >= 0.6 is 11.8 Å². The smallest absolute Gasteiger partial charge is 0.0549 e. The van der Waals surface area contributed by atoms with Gasteiger partial charge in [0.25, 0.3) is 0 Å². The van der Waals surface area contributed by atoms with E-state index in [1.807, 2.05) is 18.7 Å². The van der Waals surface area contributed by atoms with Gasteiger partial charge in [0.1, 0.15) is 0 Å². The van der Waals surface area contributed by atoms with Crippen LogP contribution in [-0.2, 0) is 6.42 Å². The van der Waals surface area contributed by atoms with Crippen molar-refractivity contribution in [3.8, 4) is 0 Å². The minimum Gasteiger partial charge on any atom is -0.393 e. The lowest BCUT2D eigenvalue weighted by atomic mass is 10.1. The molecule has 1 aromatic carbocycles. The van der Waals surface area contributed by atoms with E-state index in [2.05, 4.69) is 29.6 Å². The summed E-state index contributed by atoms with van der Waals surface area (Å²) in [5.41, 5.74) is 1.48. The molecular formula is C14H21NOS. The molecule has 0 saturated carbocycles. The zero-order valence-electron chi connectivity index (χ0n) is 10.4. The Hall–Kier alpha value is -0.510. The SMILES string of the molecule is CCC(O)CCNCC1Cc2ccccc2S1. The Labute approximate surface area is 108 Å². The molecule has 2 N–H and O–H groups in total. The van der Waals surface area contributed by atoms with Crippen LogP contribution in [0.25, 0.3) is 0 Å². The number of benzene rings is 1. The van der Waals surface area contributed by atoms with Gasteiger partial charge < -0.3 is 10.4 Å². The molecule has 0 aromatic heterocycles. The first kappa shape index (κ1) is 12.9. The van der Waals surface area contributed by atoms with Crippen molar-refractivity contribution in [3.05, 3.63) is 29.8 Å². The Morgan fingerprint density at radius 1 is 1.47 bits per heavy atom. The fourth-order valence-electron chi connectivity index (χ4n) is 2.10. The summed E-state index contributed by atoms with van der Waals surface area (Å²) in [6.07, 6.45) is 2.74. The van der Waals surface area contributed by atoms with Crippen LogP contribution in [0.4, 0.5) is 0 Å². The maximum Gasteiger partial charge on any atom is 0.0549 e. The van der Waals surface area contributed by atoms with Gasteiger partial charge in [-0.2, -0.15) is 0 Å². The standard InChI is InChI=1S/C14H21NOS/c1-2-12(16)7-8-15-10-13-9-11-5-3-4-6-14(11)17-13/h3-6,12-13,15-16H,2,7-10H2,1H3. The predicted octanol–water partition coefficient (Wildman–Crippen LogP) is 2.45. The van der Waals surface area contributed by atoms with Crippen molar-refractivity contribution >= 4 is 11.8 Å². The lowest BCUT2D eigenvalue weighted by Gasteiger charge is -2.11. The van der Waals surface area contributed by atoms with E-state index < -0.39 is 0 Å². The highest BCUT2D eigenvalue weighted by Gasteiger charge is 2.20. The zero-order chi connectivity index (χ0) is 12.1. The van der Waals surface area contributed by atoms with E-state index >= 15 is 0 Å². The number of hydrogen-bond donors (Lipinski definition) is 2. The maximum absolute atomic E-state index is 9.45. The molecule has 3 heteroatoms. The summed E-state index contributed by atoms with van der Waals surface area (Å²) in [5, 5.41) is 13.6. The summed E-state index contributed by atoms with van der Waals surface area (Å²) < 4.78 is 0. The lowest BCUT2D eigenvalue weighted by molar-refractivity contribution is 0.160. The van der Waals surface area contributed by atoms with E-state index in [-0.39, 0.29) is 6.10 Å². The van der Waals surface area contributed by atoms with Crippen molar-refractivity contribution in [3.63, 3.8) is 0 Å². The first-order valence-electron chi connectivity index (χ1n) is 6.43. The molecule has 1 aliphatic rings. The van der Waals surface area contributed by atoms with E-state index in [0.29, 0.717) is 5.25 Å². The van der Waals surface area contributed by atoms with Crippen molar-refractivity contribution < 1.29 is 5.11 Å². The molecule has 1 aliphatic heterocycles. The van der Waals surface area contributed by atoms with Gasteiger partial charge in [-0.05, 0) is 37.4 Å². The van der Waals surface area contributed by atoms with E-state index in [9.17, 15) is 5.11 Å². The Balaban J connectivity index is 1.67. The number of aliphatic hydroxyl groups excluding tert-OH is 1. The second kappa shape index (κ2) is 6.43. The Kier molecular flexibility index (Phi) is 4.89. The first-order chi connectivity index (χ1) is 8.29. The first-order valence-corrected chi connectivity index (χ1v) is 7.31. The number of hydrogen-bond acceptors (Lipinski definition) is 3. The van der Waals surface area contributed by atoms with Gasteiger partial charge in [-0.15, -0.1) is 11.8 Å². The van der Waals surface area contributed by atoms with Crippen LogP contribution in [0.1, 0.15) is 25.3 Å². The van der Waals surface area contributed by atoms with Crippen LogP contribution in [0.3, 0.4) is 0 Å². The quantitative estimate of drug-likeness (QED) is 0.762. The Bertz CT molecular complexity index is 331. The van der Waals surface area contributed by atoms with Crippen molar-refractivity contribution in [2.45, 2.75) is 42.4 Å². The third kappa shape index (κ3) is 3.73. The summed E-state index contributed by atoms with van der Waals surface area (Å²) >= 11 is 1.98. The minimum atomic E-state index is -0.143. The van der Waals surface area contributed by atoms with Crippen molar-refractivity contribution in [2.75, 3.05) is 13.1 Å². The molecular weight excluding hydrogens is 230 g/mol. The van der Waals surface area contributed by atoms with Gasteiger partial charge in [-0.25, -0.2) is 0 Å². The second-order valence-corrected chi connectivity index (χ2v) is 5.95. The maximum atomic E-state index is 9.45. The molecule has 0 amide bonds. The van der Waals surface area contributed by atoms with Crippen molar-refractivity contribution in [2.24, 2.45) is 0 Å². The molecule has 0 radical (unpaired) electrons. The highest BCUT2D eigenvalue weighted by molar-refractivity contribution is 8.00. The molecule has 17 heavy (non-hydrogen) atoms. The van der Waals surface area contributed by atoms with E-state index in [0.717, 1.165) is 25.9 Å². The summed E-state index contributed by atoms with van der Waals surface area (Å²) in [4.78, 5) is 1.44. The molecule has 2 rings (SSSR count). The van der Waals surface area contributed by atoms with Crippen LogP contribution in [-0.4, -0.2) is 29.5 Å². The third-order valence-electron chi connectivity index (χ3n) is 3.21. The number of aliphatic hydroxyl groups is 1. The summed E-state index contributed by atoms with van der Waals surface area (Å²) in [7, 11) is 0. The molecule has 94 valence electrons. The van der Waals surface area contributed by atoms with E-state index in [4.69, 9.17) is 0 Å². The normalized spacial score (nSPS) is 20.2. The molecule has 0 spiro atoms. The second-order valence-electron chi connectivity index (χ2n) is 4.61.